The first-order valence-electron chi connectivity index (χ1n) is 7.71. The maximum atomic E-state index is 12.4. The molecule has 0 bridgehead atoms. The Morgan fingerprint density at radius 3 is 2.52 bits per heavy atom. The minimum atomic E-state index is -1.30. The quantitative estimate of drug-likeness (QED) is 0.453. The number of hydrogen-bond acceptors (Lipinski definition) is 6. The first kappa shape index (κ1) is 19.0. The summed E-state index contributed by atoms with van der Waals surface area (Å²) in [5.74, 6) is -4.91. The highest BCUT2D eigenvalue weighted by atomic mass is 35.5. The third-order valence-electron chi connectivity index (χ3n) is 3.52. The standard InChI is InChI=1S/C18H19ClO6/c1-11(20)23-9-5-8-14(12-6-4-7-13(19)10-12)15-16(21)24-18(2,3)25-17(15)22/h4-8,10,14-15H,9H2,1-3H3/b8-5+. The number of allylic oxidation sites excluding steroid dienone is 1. The minimum Gasteiger partial charge on any atom is -0.462 e. The van der Waals surface area contributed by atoms with Crippen LogP contribution in [0.3, 0.4) is 0 Å². The van der Waals surface area contributed by atoms with Gasteiger partial charge in [-0.05, 0) is 17.7 Å². The molecule has 1 aromatic carbocycles. The molecule has 0 spiro atoms. The van der Waals surface area contributed by atoms with Crippen molar-refractivity contribution in [2.24, 2.45) is 5.92 Å². The van der Waals surface area contributed by atoms with Crippen LogP contribution in [0.5, 0.6) is 0 Å². The van der Waals surface area contributed by atoms with Crippen molar-refractivity contribution >= 4 is 29.5 Å². The van der Waals surface area contributed by atoms with Gasteiger partial charge in [-0.3, -0.25) is 14.4 Å². The van der Waals surface area contributed by atoms with Crippen LogP contribution in [0.15, 0.2) is 36.4 Å². The second-order valence-electron chi connectivity index (χ2n) is 6.03. The number of esters is 3. The Bertz CT molecular complexity index is 689. The lowest BCUT2D eigenvalue weighted by atomic mass is 9.85. The van der Waals surface area contributed by atoms with Gasteiger partial charge in [0.1, 0.15) is 6.61 Å². The molecule has 0 radical (unpaired) electrons. The number of hydrogen-bond donors (Lipinski definition) is 0. The van der Waals surface area contributed by atoms with Gasteiger partial charge in [-0.25, -0.2) is 0 Å². The van der Waals surface area contributed by atoms with Gasteiger partial charge < -0.3 is 14.2 Å². The highest BCUT2D eigenvalue weighted by Gasteiger charge is 2.46. The summed E-state index contributed by atoms with van der Waals surface area (Å²) in [4.78, 5) is 35.6. The molecule has 7 heteroatoms. The lowest BCUT2D eigenvalue weighted by Crippen LogP contribution is -2.48. The third-order valence-corrected chi connectivity index (χ3v) is 3.75. The summed E-state index contributed by atoms with van der Waals surface area (Å²) in [6.45, 7) is 4.29. The van der Waals surface area contributed by atoms with Gasteiger partial charge in [-0.2, -0.15) is 0 Å². The van der Waals surface area contributed by atoms with Gasteiger partial charge in [0.2, 0.25) is 0 Å². The molecule has 1 heterocycles. The molecule has 0 amide bonds. The van der Waals surface area contributed by atoms with E-state index in [0.29, 0.717) is 10.6 Å². The number of halogens is 1. The summed E-state index contributed by atoms with van der Waals surface area (Å²) in [7, 11) is 0. The van der Waals surface area contributed by atoms with Crippen LogP contribution in [0, 0.1) is 5.92 Å². The molecule has 0 N–H and O–H groups in total. The molecule has 134 valence electrons. The van der Waals surface area contributed by atoms with E-state index in [2.05, 4.69) is 0 Å². The Hall–Kier alpha value is -2.34. The van der Waals surface area contributed by atoms with Crippen molar-refractivity contribution in [3.05, 3.63) is 47.0 Å². The molecule has 1 fully saturated rings. The van der Waals surface area contributed by atoms with Gasteiger partial charge in [0.15, 0.2) is 5.92 Å². The van der Waals surface area contributed by atoms with Crippen molar-refractivity contribution in [1.82, 2.24) is 0 Å². The van der Waals surface area contributed by atoms with Crippen LogP contribution in [-0.2, 0) is 28.6 Å². The molecule has 0 aromatic heterocycles. The lowest BCUT2D eigenvalue weighted by Gasteiger charge is -2.35. The van der Waals surface area contributed by atoms with E-state index in [9.17, 15) is 14.4 Å². The van der Waals surface area contributed by atoms with Crippen LogP contribution in [0.2, 0.25) is 5.02 Å². The predicted octanol–water partition coefficient (Wildman–Crippen LogP) is 3.00. The molecule has 2 rings (SSSR count). The first-order chi connectivity index (χ1) is 11.7. The van der Waals surface area contributed by atoms with E-state index in [1.54, 1.807) is 36.4 Å². The Morgan fingerprint density at radius 1 is 1.32 bits per heavy atom. The summed E-state index contributed by atoms with van der Waals surface area (Å²) in [5.41, 5.74) is 0.644. The minimum absolute atomic E-state index is 0.0225. The number of carbonyl (C=O) groups is 3. The maximum Gasteiger partial charge on any atom is 0.324 e. The van der Waals surface area contributed by atoms with Crippen LogP contribution >= 0.6 is 11.6 Å². The second-order valence-corrected chi connectivity index (χ2v) is 6.47. The van der Waals surface area contributed by atoms with E-state index in [4.69, 9.17) is 25.8 Å². The fraction of sp³-hybridized carbons (Fsp3) is 0.389. The van der Waals surface area contributed by atoms with Gasteiger partial charge >= 0.3 is 17.9 Å². The van der Waals surface area contributed by atoms with E-state index in [1.807, 2.05) is 0 Å². The van der Waals surface area contributed by atoms with E-state index < -0.39 is 35.5 Å². The molecular weight excluding hydrogens is 348 g/mol. The van der Waals surface area contributed by atoms with E-state index >= 15 is 0 Å². The molecule has 1 saturated heterocycles. The lowest BCUT2D eigenvalue weighted by molar-refractivity contribution is -0.240. The number of ether oxygens (including phenoxy) is 3. The maximum absolute atomic E-state index is 12.4. The predicted molar refractivity (Wildman–Crippen MR) is 89.7 cm³/mol. The zero-order chi connectivity index (χ0) is 18.6. The number of cyclic esters (lactones) is 2. The highest BCUT2D eigenvalue weighted by Crippen LogP contribution is 2.35. The summed E-state index contributed by atoms with van der Waals surface area (Å²) in [5, 5.41) is 0.466. The Morgan fingerprint density at radius 2 is 1.96 bits per heavy atom. The van der Waals surface area contributed by atoms with Gasteiger partial charge in [-0.15, -0.1) is 0 Å². The molecule has 6 nitrogen and oxygen atoms in total. The Labute approximate surface area is 150 Å². The Kier molecular flexibility index (Phi) is 5.85. The van der Waals surface area contributed by atoms with Crippen LogP contribution in [0.1, 0.15) is 32.3 Å². The van der Waals surface area contributed by atoms with Crippen LogP contribution in [0.4, 0.5) is 0 Å². The fourth-order valence-corrected chi connectivity index (χ4v) is 2.72. The second kappa shape index (κ2) is 7.70. The first-order valence-corrected chi connectivity index (χ1v) is 8.08. The highest BCUT2D eigenvalue weighted by molar-refractivity contribution is 6.30. The van der Waals surface area contributed by atoms with E-state index in [0.717, 1.165) is 0 Å². The third kappa shape index (κ3) is 5.06. The average molecular weight is 367 g/mol. The van der Waals surface area contributed by atoms with Crippen molar-refractivity contribution in [1.29, 1.82) is 0 Å². The molecular formula is C18H19ClO6. The number of benzene rings is 1. The van der Waals surface area contributed by atoms with Gasteiger partial charge in [0.05, 0.1) is 0 Å². The molecule has 1 aliphatic rings. The zero-order valence-corrected chi connectivity index (χ0v) is 14.9. The van der Waals surface area contributed by atoms with Gasteiger partial charge in [0.25, 0.3) is 5.79 Å². The average Bonchev–Trinajstić information content (AvgIpc) is 2.47. The van der Waals surface area contributed by atoms with Crippen molar-refractivity contribution in [2.75, 3.05) is 6.61 Å². The Balaban J connectivity index is 2.32. The SMILES string of the molecule is CC(=O)OC/C=C/C(c1cccc(Cl)c1)C1C(=O)OC(C)(C)OC1=O. The smallest absolute Gasteiger partial charge is 0.324 e. The van der Waals surface area contributed by atoms with Crippen LogP contribution in [-0.4, -0.2) is 30.3 Å². The van der Waals surface area contributed by atoms with Crippen LogP contribution < -0.4 is 0 Å². The van der Waals surface area contributed by atoms with E-state index in [1.165, 1.54) is 20.8 Å². The number of rotatable bonds is 5. The molecule has 1 aromatic rings. The monoisotopic (exact) mass is 366 g/mol. The van der Waals surface area contributed by atoms with Crippen molar-refractivity contribution in [2.45, 2.75) is 32.5 Å². The van der Waals surface area contributed by atoms with E-state index in [-0.39, 0.29) is 6.61 Å². The summed E-state index contributed by atoms with van der Waals surface area (Å²) in [6.07, 6.45) is 3.17. The topological polar surface area (TPSA) is 78.9 Å². The van der Waals surface area contributed by atoms with Crippen LogP contribution in [0.25, 0.3) is 0 Å². The fourth-order valence-electron chi connectivity index (χ4n) is 2.52. The van der Waals surface area contributed by atoms with Gasteiger partial charge in [-0.1, -0.05) is 35.9 Å². The molecule has 0 saturated carbocycles. The number of carbonyl (C=O) groups excluding carboxylic acids is 3. The molecule has 1 atom stereocenters. The van der Waals surface area contributed by atoms with Crippen molar-refractivity contribution < 1.29 is 28.6 Å². The summed E-state index contributed by atoms with van der Waals surface area (Å²) < 4.78 is 15.2. The summed E-state index contributed by atoms with van der Waals surface area (Å²) in [6, 6.07) is 6.80. The van der Waals surface area contributed by atoms with Crippen molar-refractivity contribution in [3.63, 3.8) is 0 Å². The normalized spacial score (nSPS) is 18.6. The van der Waals surface area contributed by atoms with Crippen molar-refractivity contribution in [3.8, 4) is 0 Å². The molecule has 1 aliphatic heterocycles. The largest absolute Gasteiger partial charge is 0.462 e. The molecule has 25 heavy (non-hydrogen) atoms. The molecule has 0 aliphatic carbocycles. The van der Waals surface area contributed by atoms with Gasteiger partial charge in [0, 0.05) is 31.7 Å². The molecule has 1 unspecified atom stereocenters. The zero-order valence-electron chi connectivity index (χ0n) is 14.2. The summed E-state index contributed by atoms with van der Waals surface area (Å²) >= 11 is 6.02.